The first kappa shape index (κ1) is 14.2. The molecule has 2 rings (SSSR count). The van der Waals surface area contributed by atoms with Crippen molar-refractivity contribution in [1.29, 1.82) is 0 Å². The molecule has 1 atom stereocenters. The Bertz CT molecular complexity index is 490. The standard InChI is InChI=1S/C14H21N3OS/c1-9(8-18-3)17(2)14-11(13(15)19)7-10-5-4-6-12(10)16-14/h7,9H,4-6,8H2,1-3H3,(H2,15,19). The zero-order valence-electron chi connectivity index (χ0n) is 11.8. The summed E-state index contributed by atoms with van der Waals surface area (Å²) < 4.78 is 5.21. The molecule has 0 spiro atoms. The van der Waals surface area contributed by atoms with Gasteiger partial charge in [-0.1, -0.05) is 12.2 Å². The van der Waals surface area contributed by atoms with E-state index in [-0.39, 0.29) is 6.04 Å². The molecule has 1 aromatic rings. The van der Waals surface area contributed by atoms with Crippen LogP contribution >= 0.6 is 12.2 Å². The normalized spacial score (nSPS) is 15.1. The van der Waals surface area contributed by atoms with Crippen molar-refractivity contribution in [2.24, 2.45) is 5.73 Å². The molecule has 0 amide bonds. The highest BCUT2D eigenvalue weighted by atomic mass is 32.1. The molecular weight excluding hydrogens is 258 g/mol. The second-order valence-electron chi connectivity index (χ2n) is 5.10. The molecule has 0 radical (unpaired) electrons. The van der Waals surface area contributed by atoms with Crippen molar-refractivity contribution < 1.29 is 4.74 Å². The minimum atomic E-state index is 0.227. The Balaban J connectivity index is 2.40. The number of fused-ring (bicyclic) bond motifs is 1. The fourth-order valence-corrected chi connectivity index (χ4v) is 2.62. The maximum atomic E-state index is 5.85. The molecule has 5 heteroatoms. The number of likely N-dealkylation sites (N-methyl/N-ethyl adjacent to an activating group) is 1. The quantitative estimate of drug-likeness (QED) is 0.831. The molecular formula is C14H21N3OS. The summed E-state index contributed by atoms with van der Waals surface area (Å²) in [6.45, 7) is 2.74. The highest BCUT2D eigenvalue weighted by Gasteiger charge is 2.21. The van der Waals surface area contributed by atoms with Gasteiger partial charge in [-0.2, -0.15) is 0 Å². The number of rotatable bonds is 5. The second kappa shape index (κ2) is 5.84. The topological polar surface area (TPSA) is 51.4 Å². The highest BCUT2D eigenvalue weighted by molar-refractivity contribution is 7.80. The summed E-state index contributed by atoms with van der Waals surface area (Å²) in [6, 6.07) is 2.34. The summed E-state index contributed by atoms with van der Waals surface area (Å²) in [5.74, 6) is 0.873. The van der Waals surface area contributed by atoms with Gasteiger partial charge >= 0.3 is 0 Å². The predicted molar refractivity (Wildman–Crippen MR) is 81.9 cm³/mol. The number of anilines is 1. The molecule has 1 aromatic heterocycles. The molecule has 1 aliphatic carbocycles. The Hall–Kier alpha value is -1.20. The number of methoxy groups -OCH3 is 1. The maximum Gasteiger partial charge on any atom is 0.139 e. The Morgan fingerprint density at radius 2 is 2.32 bits per heavy atom. The molecule has 4 nitrogen and oxygen atoms in total. The third-order valence-corrected chi connectivity index (χ3v) is 3.92. The van der Waals surface area contributed by atoms with Gasteiger partial charge in [-0.05, 0) is 37.8 Å². The number of pyridine rings is 1. The Labute approximate surface area is 120 Å². The molecule has 1 heterocycles. The van der Waals surface area contributed by atoms with Crippen molar-refractivity contribution in [3.63, 3.8) is 0 Å². The molecule has 0 saturated carbocycles. The molecule has 0 aromatic carbocycles. The van der Waals surface area contributed by atoms with Crippen LogP contribution < -0.4 is 10.6 Å². The first-order valence-electron chi connectivity index (χ1n) is 6.59. The van der Waals surface area contributed by atoms with E-state index in [1.807, 2.05) is 7.05 Å². The third kappa shape index (κ3) is 2.87. The first-order valence-corrected chi connectivity index (χ1v) is 6.99. The van der Waals surface area contributed by atoms with Crippen LogP contribution in [0.5, 0.6) is 0 Å². The van der Waals surface area contributed by atoms with Gasteiger partial charge in [-0.25, -0.2) is 4.98 Å². The summed E-state index contributed by atoms with van der Waals surface area (Å²) >= 11 is 5.17. The summed E-state index contributed by atoms with van der Waals surface area (Å²) in [5.41, 5.74) is 9.21. The van der Waals surface area contributed by atoms with Gasteiger partial charge in [0.15, 0.2) is 0 Å². The lowest BCUT2D eigenvalue weighted by Crippen LogP contribution is -2.35. The molecule has 0 bridgehead atoms. The Morgan fingerprint density at radius 1 is 1.58 bits per heavy atom. The van der Waals surface area contributed by atoms with Crippen LogP contribution in [0.25, 0.3) is 0 Å². The molecule has 0 fully saturated rings. The molecule has 1 aliphatic rings. The Morgan fingerprint density at radius 3 is 2.95 bits per heavy atom. The number of aromatic nitrogens is 1. The van der Waals surface area contributed by atoms with Crippen LogP contribution in [0.4, 0.5) is 5.82 Å². The molecule has 0 aliphatic heterocycles. The molecule has 104 valence electrons. The van der Waals surface area contributed by atoms with Gasteiger partial charge in [-0.3, -0.25) is 0 Å². The predicted octanol–water partition coefficient (Wildman–Crippen LogP) is 1.68. The van der Waals surface area contributed by atoms with Gasteiger partial charge in [0.2, 0.25) is 0 Å². The third-order valence-electron chi connectivity index (χ3n) is 3.70. The summed E-state index contributed by atoms with van der Waals surface area (Å²) in [4.78, 5) is 7.29. The van der Waals surface area contributed by atoms with Gasteiger partial charge in [0.1, 0.15) is 10.8 Å². The van der Waals surface area contributed by atoms with Crippen molar-refractivity contribution in [3.05, 3.63) is 22.9 Å². The molecule has 0 saturated heterocycles. The van der Waals surface area contributed by atoms with Crippen LogP contribution in [0.3, 0.4) is 0 Å². The smallest absolute Gasteiger partial charge is 0.139 e. The van der Waals surface area contributed by atoms with Gasteiger partial charge in [0.05, 0.1) is 18.2 Å². The number of thiocarbonyl (C=S) groups is 1. The van der Waals surface area contributed by atoms with Crippen LogP contribution in [0, 0.1) is 0 Å². The van der Waals surface area contributed by atoms with E-state index in [2.05, 4.69) is 17.9 Å². The number of ether oxygens (including phenoxy) is 1. The first-order chi connectivity index (χ1) is 9.04. The van der Waals surface area contributed by atoms with E-state index in [0.717, 1.165) is 24.2 Å². The Kier molecular flexibility index (Phi) is 4.37. The second-order valence-corrected chi connectivity index (χ2v) is 5.54. The van der Waals surface area contributed by atoms with E-state index in [1.54, 1.807) is 7.11 Å². The van der Waals surface area contributed by atoms with Crippen LogP contribution in [-0.4, -0.2) is 36.8 Å². The SMILES string of the molecule is COCC(C)N(C)c1nc2c(cc1C(N)=S)CCC2. The summed E-state index contributed by atoms with van der Waals surface area (Å²) in [6.07, 6.45) is 3.29. The number of hydrogen-bond donors (Lipinski definition) is 1. The molecule has 1 unspecified atom stereocenters. The van der Waals surface area contributed by atoms with Crippen molar-refractivity contribution >= 4 is 23.0 Å². The molecule has 2 N–H and O–H groups in total. The lowest BCUT2D eigenvalue weighted by molar-refractivity contribution is 0.183. The lowest BCUT2D eigenvalue weighted by Gasteiger charge is -2.27. The van der Waals surface area contributed by atoms with Gasteiger partial charge in [0, 0.05) is 19.9 Å². The molecule has 19 heavy (non-hydrogen) atoms. The van der Waals surface area contributed by atoms with E-state index in [9.17, 15) is 0 Å². The highest BCUT2D eigenvalue weighted by Crippen LogP contribution is 2.27. The van der Waals surface area contributed by atoms with Crippen molar-refractivity contribution in [2.45, 2.75) is 32.2 Å². The number of aryl methyl sites for hydroxylation is 2. The summed E-state index contributed by atoms with van der Waals surface area (Å²) in [7, 11) is 3.71. The van der Waals surface area contributed by atoms with Crippen molar-refractivity contribution in [1.82, 2.24) is 4.98 Å². The van der Waals surface area contributed by atoms with E-state index in [4.69, 9.17) is 27.7 Å². The fraction of sp³-hybridized carbons (Fsp3) is 0.571. The zero-order chi connectivity index (χ0) is 14.0. The monoisotopic (exact) mass is 279 g/mol. The van der Waals surface area contributed by atoms with Crippen molar-refractivity contribution in [2.75, 3.05) is 25.7 Å². The maximum absolute atomic E-state index is 5.85. The van der Waals surface area contributed by atoms with Crippen LogP contribution in [0.1, 0.15) is 30.2 Å². The largest absolute Gasteiger partial charge is 0.389 e. The number of hydrogen-bond acceptors (Lipinski definition) is 4. The van der Waals surface area contributed by atoms with E-state index in [1.165, 1.54) is 17.7 Å². The van der Waals surface area contributed by atoms with E-state index in [0.29, 0.717) is 11.6 Å². The average molecular weight is 279 g/mol. The van der Waals surface area contributed by atoms with E-state index < -0.39 is 0 Å². The van der Waals surface area contributed by atoms with Crippen molar-refractivity contribution in [3.8, 4) is 0 Å². The lowest BCUT2D eigenvalue weighted by atomic mass is 10.1. The summed E-state index contributed by atoms with van der Waals surface area (Å²) in [5, 5.41) is 0. The zero-order valence-corrected chi connectivity index (χ0v) is 12.6. The van der Waals surface area contributed by atoms with Gasteiger partial charge < -0.3 is 15.4 Å². The van der Waals surface area contributed by atoms with Crippen LogP contribution in [-0.2, 0) is 17.6 Å². The van der Waals surface area contributed by atoms with Crippen LogP contribution in [0.2, 0.25) is 0 Å². The number of nitrogens with zero attached hydrogens (tertiary/aromatic N) is 2. The fourth-order valence-electron chi connectivity index (χ4n) is 2.47. The van der Waals surface area contributed by atoms with E-state index >= 15 is 0 Å². The minimum absolute atomic E-state index is 0.227. The average Bonchev–Trinajstić information content (AvgIpc) is 2.83. The number of nitrogens with two attached hydrogens (primary N) is 1. The van der Waals surface area contributed by atoms with Crippen LogP contribution in [0.15, 0.2) is 6.07 Å². The van der Waals surface area contributed by atoms with Gasteiger partial charge in [-0.15, -0.1) is 0 Å². The minimum Gasteiger partial charge on any atom is -0.389 e. The van der Waals surface area contributed by atoms with Gasteiger partial charge in [0.25, 0.3) is 0 Å².